The van der Waals surface area contributed by atoms with Crippen molar-refractivity contribution in [1.82, 2.24) is 4.90 Å². The van der Waals surface area contributed by atoms with E-state index in [4.69, 9.17) is 16.7 Å². The molecular formula is C12H13ClFNO2. The van der Waals surface area contributed by atoms with Crippen LogP contribution in [0.2, 0.25) is 5.02 Å². The van der Waals surface area contributed by atoms with E-state index >= 15 is 0 Å². The number of hydrogen-bond acceptors (Lipinski definition) is 2. The average Bonchev–Trinajstić information content (AvgIpc) is 2.76. The smallest absolute Gasteiger partial charge is 0.258 e. The maximum atomic E-state index is 13.6. The van der Waals surface area contributed by atoms with E-state index in [0.29, 0.717) is 6.54 Å². The minimum Gasteiger partial charge on any atom is -0.394 e. The molecule has 17 heavy (non-hydrogen) atoms. The molecule has 1 amide bonds. The van der Waals surface area contributed by atoms with Gasteiger partial charge in [-0.1, -0.05) is 17.7 Å². The highest BCUT2D eigenvalue weighted by molar-refractivity contribution is 6.33. The van der Waals surface area contributed by atoms with Gasteiger partial charge in [0, 0.05) is 6.54 Å². The van der Waals surface area contributed by atoms with E-state index in [-0.39, 0.29) is 23.2 Å². The zero-order valence-corrected chi connectivity index (χ0v) is 9.95. The first-order chi connectivity index (χ1) is 8.15. The SMILES string of the molecule is O=C(c1c(F)cccc1Cl)N1CCC[C@H]1CO. The number of amides is 1. The summed E-state index contributed by atoms with van der Waals surface area (Å²) in [5.41, 5.74) is -0.102. The molecule has 1 saturated heterocycles. The van der Waals surface area contributed by atoms with Crippen molar-refractivity contribution in [3.8, 4) is 0 Å². The summed E-state index contributed by atoms with van der Waals surface area (Å²) in [6.07, 6.45) is 1.57. The number of likely N-dealkylation sites (tertiary alicyclic amines) is 1. The Morgan fingerprint density at radius 3 is 3.00 bits per heavy atom. The fourth-order valence-electron chi connectivity index (χ4n) is 2.14. The van der Waals surface area contributed by atoms with E-state index in [1.807, 2.05) is 0 Å². The standard InChI is InChI=1S/C12H13ClFNO2/c13-9-4-1-5-10(14)11(9)12(17)15-6-2-3-8(15)7-16/h1,4-5,8,16H,2-3,6-7H2/t8-/m0/s1. The van der Waals surface area contributed by atoms with Crippen LogP contribution in [-0.4, -0.2) is 35.1 Å². The number of hydrogen-bond donors (Lipinski definition) is 1. The molecule has 1 aliphatic heterocycles. The lowest BCUT2D eigenvalue weighted by Gasteiger charge is -2.23. The molecule has 92 valence electrons. The van der Waals surface area contributed by atoms with Gasteiger partial charge in [-0.15, -0.1) is 0 Å². The molecule has 2 rings (SSSR count). The van der Waals surface area contributed by atoms with Crippen LogP contribution < -0.4 is 0 Å². The van der Waals surface area contributed by atoms with Crippen molar-refractivity contribution in [2.24, 2.45) is 0 Å². The van der Waals surface area contributed by atoms with Crippen LogP contribution in [0.4, 0.5) is 4.39 Å². The third-order valence-corrected chi connectivity index (χ3v) is 3.34. The molecule has 1 aromatic rings. The van der Waals surface area contributed by atoms with Gasteiger partial charge >= 0.3 is 0 Å². The van der Waals surface area contributed by atoms with Gasteiger partial charge in [-0.05, 0) is 25.0 Å². The summed E-state index contributed by atoms with van der Waals surface area (Å²) in [7, 11) is 0. The Bertz CT molecular complexity index is 418. The zero-order valence-electron chi connectivity index (χ0n) is 9.20. The highest BCUT2D eigenvalue weighted by Gasteiger charge is 2.31. The van der Waals surface area contributed by atoms with E-state index in [9.17, 15) is 9.18 Å². The lowest BCUT2D eigenvalue weighted by Crippen LogP contribution is -2.38. The largest absolute Gasteiger partial charge is 0.394 e. The third-order valence-electron chi connectivity index (χ3n) is 3.03. The maximum Gasteiger partial charge on any atom is 0.258 e. The number of carbonyl (C=O) groups is 1. The summed E-state index contributed by atoms with van der Waals surface area (Å²) in [5.74, 6) is -1.06. The molecule has 1 aliphatic rings. The maximum absolute atomic E-state index is 13.6. The van der Waals surface area contributed by atoms with Crippen LogP contribution in [0, 0.1) is 5.82 Å². The molecular weight excluding hydrogens is 245 g/mol. The minimum atomic E-state index is -0.619. The number of aliphatic hydroxyl groups is 1. The van der Waals surface area contributed by atoms with Crippen molar-refractivity contribution in [3.05, 3.63) is 34.6 Å². The Morgan fingerprint density at radius 1 is 1.59 bits per heavy atom. The van der Waals surface area contributed by atoms with Crippen LogP contribution >= 0.6 is 11.6 Å². The lowest BCUT2D eigenvalue weighted by atomic mass is 10.1. The molecule has 0 unspecified atom stereocenters. The molecule has 0 bridgehead atoms. The molecule has 1 aromatic carbocycles. The molecule has 0 saturated carbocycles. The van der Waals surface area contributed by atoms with E-state index in [2.05, 4.69) is 0 Å². The Hall–Kier alpha value is -1.13. The van der Waals surface area contributed by atoms with E-state index in [1.54, 1.807) is 0 Å². The van der Waals surface area contributed by atoms with Crippen LogP contribution in [0.15, 0.2) is 18.2 Å². The molecule has 0 aromatic heterocycles. The van der Waals surface area contributed by atoms with Crippen molar-refractivity contribution >= 4 is 17.5 Å². The molecule has 3 nitrogen and oxygen atoms in total. The monoisotopic (exact) mass is 257 g/mol. The average molecular weight is 258 g/mol. The fourth-order valence-corrected chi connectivity index (χ4v) is 2.38. The molecule has 0 radical (unpaired) electrons. The quantitative estimate of drug-likeness (QED) is 0.881. The molecule has 5 heteroatoms. The van der Waals surface area contributed by atoms with Gasteiger partial charge in [0.2, 0.25) is 0 Å². The van der Waals surface area contributed by atoms with Crippen molar-refractivity contribution in [2.45, 2.75) is 18.9 Å². The number of benzene rings is 1. The van der Waals surface area contributed by atoms with Crippen molar-refractivity contribution in [2.75, 3.05) is 13.2 Å². The number of carbonyl (C=O) groups excluding carboxylic acids is 1. The van der Waals surface area contributed by atoms with Crippen molar-refractivity contribution in [1.29, 1.82) is 0 Å². The number of rotatable bonds is 2. The summed E-state index contributed by atoms with van der Waals surface area (Å²) in [6, 6.07) is 3.94. The highest BCUT2D eigenvalue weighted by Crippen LogP contribution is 2.25. The second-order valence-corrected chi connectivity index (χ2v) is 4.48. The second-order valence-electron chi connectivity index (χ2n) is 4.07. The molecule has 0 spiro atoms. The van der Waals surface area contributed by atoms with Crippen molar-refractivity contribution in [3.63, 3.8) is 0 Å². The number of halogens is 2. The highest BCUT2D eigenvalue weighted by atomic mass is 35.5. The van der Waals surface area contributed by atoms with Gasteiger partial charge in [-0.25, -0.2) is 4.39 Å². The second kappa shape index (κ2) is 5.02. The number of nitrogens with zero attached hydrogens (tertiary/aromatic N) is 1. The minimum absolute atomic E-state index is 0.0994. The van der Waals surface area contributed by atoms with Crippen LogP contribution in [0.3, 0.4) is 0 Å². The van der Waals surface area contributed by atoms with E-state index < -0.39 is 11.7 Å². The molecule has 1 heterocycles. The number of aliphatic hydroxyl groups excluding tert-OH is 1. The predicted octanol–water partition coefficient (Wildman–Crippen LogP) is 2.08. The van der Waals surface area contributed by atoms with Crippen LogP contribution in [0.25, 0.3) is 0 Å². The Morgan fingerprint density at radius 2 is 2.35 bits per heavy atom. The summed E-state index contributed by atoms with van der Waals surface area (Å²) < 4.78 is 13.6. The topological polar surface area (TPSA) is 40.5 Å². The Labute approximate surface area is 104 Å². The molecule has 0 aliphatic carbocycles. The third kappa shape index (κ3) is 2.28. The van der Waals surface area contributed by atoms with Gasteiger partial charge in [0.25, 0.3) is 5.91 Å². The van der Waals surface area contributed by atoms with Gasteiger partial charge in [0.1, 0.15) is 5.82 Å². The lowest BCUT2D eigenvalue weighted by molar-refractivity contribution is 0.0673. The predicted molar refractivity (Wildman–Crippen MR) is 62.6 cm³/mol. The van der Waals surface area contributed by atoms with Gasteiger partial charge in [-0.2, -0.15) is 0 Å². The Kier molecular flexibility index (Phi) is 3.64. The van der Waals surface area contributed by atoms with Gasteiger partial charge < -0.3 is 10.0 Å². The van der Waals surface area contributed by atoms with Crippen LogP contribution in [0.5, 0.6) is 0 Å². The summed E-state index contributed by atoms with van der Waals surface area (Å²) in [4.78, 5) is 13.6. The normalized spacial score (nSPS) is 19.7. The van der Waals surface area contributed by atoms with Crippen LogP contribution in [0.1, 0.15) is 23.2 Å². The Balaban J connectivity index is 2.31. The van der Waals surface area contributed by atoms with Crippen molar-refractivity contribution < 1.29 is 14.3 Å². The van der Waals surface area contributed by atoms with Crippen LogP contribution in [-0.2, 0) is 0 Å². The fraction of sp³-hybridized carbons (Fsp3) is 0.417. The van der Waals surface area contributed by atoms with Gasteiger partial charge in [0.15, 0.2) is 0 Å². The van der Waals surface area contributed by atoms with E-state index in [0.717, 1.165) is 12.8 Å². The van der Waals surface area contributed by atoms with Gasteiger partial charge in [0.05, 0.1) is 23.2 Å². The molecule has 1 atom stereocenters. The molecule has 1 fully saturated rings. The summed E-state index contributed by atoms with van der Waals surface area (Å²) in [5, 5.41) is 9.26. The molecule has 1 N–H and O–H groups in total. The first-order valence-corrected chi connectivity index (χ1v) is 5.88. The summed E-state index contributed by atoms with van der Waals surface area (Å²) >= 11 is 5.84. The summed E-state index contributed by atoms with van der Waals surface area (Å²) in [6.45, 7) is 0.437. The first-order valence-electron chi connectivity index (χ1n) is 5.51. The van der Waals surface area contributed by atoms with E-state index in [1.165, 1.54) is 23.1 Å². The zero-order chi connectivity index (χ0) is 12.4. The van der Waals surface area contributed by atoms with Gasteiger partial charge in [-0.3, -0.25) is 4.79 Å². The first kappa shape index (κ1) is 12.3.